The Morgan fingerprint density at radius 2 is 1.83 bits per heavy atom. The van der Waals surface area contributed by atoms with E-state index in [1.807, 2.05) is 31.2 Å². The number of anilines is 1. The van der Waals surface area contributed by atoms with Crippen molar-refractivity contribution in [2.75, 3.05) is 11.9 Å². The molecule has 0 bridgehead atoms. The number of thiophene rings is 1. The Kier molecular flexibility index (Phi) is 5.38. The van der Waals surface area contributed by atoms with E-state index in [4.69, 9.17) is 16.3 Å². The van der Waals surface area contributed by atoms with Crippen LogP contribution in [0.4, 0.5) is 5.69 Å². The Morgan fingerprint density at radius 1 is 1.14 bits per heavy atom. The minimum Gasteiger partial charge on any atom is -0.494 e. The van der Waals surface area contributed by atoms with E-state index in [2.05, 4.69) is 5.32 Å². The summed E-state index contributed by atoms with van der Waals surface area (Å²) in [6, 6.07) is 13.6. The average molecular weight is 448 g/mol. The van der Waals surface area contributed by atoms with Gasteiger partial charge in [0.1, 0.15) is 10.6 Å². The molecule has 1 atom stereocenters. The van der Waals surface area contributed by atoms with E-state index in [9.17, 15) is 13.2 Å². The van der Waals surface area contributed by atoms with E-state index in [1.54, 1.807) is 5.38 Å². The molecule has 2 aromatic carbocycles. The Morgan fingerprint density at radius 3 is 2.48 bits per heavy atom. The SMILES string of the molecule is CCOc1ccc(C2CC(=O)Nc3c(S(=O)(=O)c4ccc(Cl)cc4)csc32)cc1. The number of hydrogen-bond donors (Lipinski definition) is 1. The van der Waals surface area contributed by atoms with Gasteiger partial charge in [0.05, 0.1) is 17.2 Å². The lowest BCUT2D eigenvalue weighted by atomic mass is 9.90. The second kappa shape index (κ2) is 7.82. The van der Waals surface area contributed by atoms with Crippen molar-refractivity contribution >= 4 is 44.4 Å². The zero-order valence-electron chi connectivity index (χ0n) is 15.5. The topological polar surface area (TPSA) is 72.5 Å². The monoisotopic (exact) mass is 447 g/mol. The third-order valence-corrected chi connectivity index (χ3v) is 8.05. The van der Waals surface area contributed by atoms with Crippen molar-refractivity contribution in [3.05, 3.63) is 69.4 Å². The highest BCUT2D eigenvalue weighted by Crippen LogP contribution is 2.46. The van der Waals surface area contributed by atoms with Crippen molar-refractivity contribution < 1.29 is 17.9 Å². The third-order valence-electron chi connectivity index (χ3n) is 4.76. The number of nitrogens with one attached hydrogen (secondary N) is 1. The molecule has 0 radical (unpaired) electrons. The van der Waals surface area contributed by atoms with Gasteiger partial charge in [-0.15, -0.1) is 11.3 Å². The molecule has 1 aliphatic rings. The molecule has 8 heteroatoms. The molecule has 1 aliphatic heterocycles. The number of rotatable bonds is 5. The molecule has 5 nitrogen and oxygen atoms in total. The molecule has 1 aromatic heterocycles. The van der Waals surface area contributed by atoms with Crippen molar-refractivity contribution in [2.45, 2.75) is 29.1 Å². The number of ether oxygens (including phenoxy) is 1. The van der Waals surface area contributed by atoms with Crippen LogP contribution >= 0.6 is 22.9 Å². The number of sulfone groups is 1. The first kappa shape index (κ1) is 19.9. The third kappa shape index (κ3) is 3.77. The van der Waals surface area contributed by atoms with E-state index >= 15 is 0 Å². The Balaban J connectivity index is 1.75. The standard InChI is InChI=1S/C21H18ClNO4S2/c1-2-27-15-7-3-13(4-8-15)17-11-19(24)23-20-18(12-28-21(17)20)29(25,26)16-9-5-14(22)6-10-16/h3-10,12,17H,2,11H2,1H3,(H,23,24). The lowest BCUT2D eigenvalue weighted by molar-refractivity contribution is -0.116. The first-order chi connectivity index (χ1) is 13.9. The van der Waals surface area contributed by atoms with Crippen LogP contribution in [0.2, 0.25) is 5.02 Å². The highest BCUT2D eigenvalue weighted by Gasteiger charge is 2.34. The van der Waals surface area contributed by atoms with Crippen molar-refractivity contribution in [2.24, 2.45) is 0 Å². The summed E-state index contributed by atoms with van der Waals surface area (Å²) in [6.45, 7) is 2.49. The Bertz CT molecular complexity index is 1150. The van der Waals surface area contributed by atoms with Gasteiger partial charge in [0, 0.05) is 27.6 Å². The molecule has 150 valence electrons. The summed E-state index contributed by atoms with van der Waals surface area (Å²) in [5, 5.41) is 4.83. The van der Waals surface area contributed by atoms with Gasteiger partial charge in [-0.3, -0.25) is 4.79 Å². The smallest absolute Gasteiger partial charge is 0.225 e. The summed E-state index contributed by atoms with van der Waals surface area (Å²) in [6.07, 6.45) is 0.266. The Labute approximate surface area is 178 Å². The molecule has 2 heterocycles. The molecule has 3 aromatic rings. The minimum absolute atomic E-state index is 0.115. The maximum absolute atomic E-state index is 13.1. The fraction of sp³-hybridized carbons (Fsp3) is 0.190. The number of carbonyl (C=O) groups is 1. The van der Waals surface area contributed by atoms with Gasteiger partial charge in [-0.2, -0.15) is 0 Å². The van der Waals surface area contributed by atoms with Crippen molar-refractivity contribution in [1.82, 2.24) is 0 Å². The van der Waals surface area contributed by atoms with Gasteiger partial charge < -0.3 is 10.1 Å². The van der Waals surface area contributed by atoms with Crippen LogP contribution in [-0.2, 0) is 14.6 Å². The number of fused-ring (bicyclic) bond motifs is 1. The molecule has 29 heavy (non-hydrogen) atoms. The maximum Gasteiger partial charge on any atom is 0.225 e. The fourth-order valence-electron chi connectivity index (χ4n) is 3.38. The summed E-state index contributed by atoms with van der Waals surface area (Å²) >= 11 is 7.23. The molecular weight excluding hydrogens is 430 g/mol. The highest BCUT2D eigenvalue weighted by molar-refractivity contribution is 7.91. The van der Waals surface area contributed by atoms with Crippen LogP contribution in [0.1, 0.15) is 29.7 Å². The lowest BCUT2D eigenvalue weighted by Gasteiger charge is -2.24. The van der Waals surface area contributed by atoms with E-state index in [-0.39, 0.29) is 28.0 Å². The van der Waals surface area contributed by atoms with Crippen LogP contribution < -0.4 is 10.1 Å². The predicted octanol–water partition coefficient (Wildman–Crippen LogP) is 5.11. The largest absolute Gasteiger partial charge is 0.494 e. The minimum atomic E-state index is -3.78. The summed E-state index contributed by atoms with van der Waals surface area (Å²) in [5.41, 5.74) is 1.32. The number of benzene rings is 2. The quantitative estimate of drug-likeness (QED) is 0.590. The van der Waals surface area contributed by atoms with Gasteiger partial charge in [0.15, 0.2) is 0 Å². The van der Waals surface area contributed by atoms with Crippen LogP contribution in [0.5, 0.6) is 5.75 Å². The number of carbonyl (C=O) groups excluding carboxylic acids is 1. The van der Waals surface area contributed by atoms with Gasteiger partial charge in [-0.05, 0) is 48.9 Å². The van der Waals surface area contributed by atoms with Crippen LogP contribution in [0.25, 0.3) is 0 Å². The maximum atomic E-state index is 13.1. The van der Waals surface area contributed by atoms with Crippen LogP contribution in [-0.4, -0.2) is 20.9 Å². The summed E-state index contributed by atoms with van der Waals surface area (Å²) in [5.74, 6) is 0.352. The molecule has 1 amide bonds. The zero-order valence-corrected chi connectivity index (χ0v) is 17.9. The van der Waals surface area contributed by atoms with Gasteiger partial charge in [0.25, 0.3) is 0 Å². The first-order valence-corrected chi connectivity index (χ1v) is 11.8. The zero-order chi connectivity index (χ0) is 20.6. The van der Waals surface area contributed by atoms with Crippen LogP contribution in [0.3, 0.4) is 0 Å². The molecule has 0 fully saturated rings. The molecule has 1 N–H and O–H groups in total. The van der Waals surface area contributed by atoms with Crippen molar-refractivity contribution in [1.29, 1.82) is 0 Å². The molecule has 1 unspecified atom stereocenters. The molecule has 0 aliphatic carbocycles. The average Bonchev–Trinajstić information content (AvgIpc) is 3.13. The normalized spacial score (nSPS) is 16.2. The predicted molar refractivity (Wildman–Crippen MR) is 114 cm³/mol. The second-order valence-corrected chi connectivity index (χ2v) is 9.87. The Hall–Kier alpha value is -2.35. The van der Waals surface area contributed by atoms with Gasteiger partial charge in [0.2, 0.25) is 15.7 Å². The highest BCUT2D eigenvalue weighted by atomic mass is 35.5. The van der Waals surface area contributed by atoms with Crippen molar-refractivity contribution in [3.63, 3.8) is 0 Å². The van der Waals surface area contributed by atoms with Gasteiger partial charge in [-0.1, -0.05) is 23.7 Å². The molecule has 0 saturated heterocycles. The van der Waals surface area contributed by atoms with Gasteiger partial charge in [-0.25, -0.2) is 8.42 Å². The molecule has 4 rings (SSSR count). The van der Waals surface area contributed by atoms with Crippen molar-refractivity contribution in [3.8, 4) is 5.75 Å². The first-order valence-electron chi connectivity index (χ1n) is 9.04. The second-order valence-electron chi connectivity index (χ2n) is 6.60. The summed E-state index contributed by atoms with van der Waals surface area (Å²) < 4.78 is 31.8. The number of hydrogen-bond acceptors (Lipinski definition) is 5. The number of amides is 1. The van der Waals surface area contributed by atoms with Crippen LogP contribution in [0, 0.1) is 0 Å². The molecule has 0 saturated carbocycles. The molecular formula is C21H18ClNO4S2. The van der Waals surface area contributed by atoms with E-state index in [0.29, 0.717) is 17.3 Å². The fourth-order valence-corrected chi connectivity index (χ4v) is 6.41. The number of halogens is 1. The lowest BCUT2D eigenvalue weighted by Crippen LogP contribution is -2.23. The van der Waals surface area contributed by atoms with E-state index in [1.165, 1.54) is 35.6 Å². The molecule has 0 spiro atoms. The summed E-state index contributed by atoms with van der Waals surface area (Å²) in [7, 11) is -3.78. The summed E-state index contributed by atoms with van der Waals surface area (Å²) in [4.78, 5) is 13.5. The van der Waals surface area contributed by atoms with E-state index < -0.39 is 9.84 Å². The van der Waals surface area contributed by atoms with Crippen LogP contribution in [0.15, 0.2) is 63.7 Å². The van der Waals surface area contributed by atoms with E-state index in [0.717, 1.165) is 16.2 Å². The van der Waals surface area contributed by atoms with Gasteiger partial charge >= 0.3 is 0 Å².